The van der Waals surface area contributed by atoms with Crippen LogP contribution in [0.5, 0.6) is 5.75 Å². The number of ether oxygens (including phenoxy) is 1. The third-order valence-corrected chi connectivity index (χ3v) is 3.37. The lowest BCUT2D eigenvalue weighted by atomic mass is 9.87. The highest BCUT2D eigenvalue weighted by Crippen LogP contribution is 2.34. The van der Waals surface area contributed by atoms with E-state index in [4.69, 9.17) is 10.5 Å². The van der Waals surface area contributed by atoms with Crippen molar-refractivity contribution in [2.45, 2.75) is 25.8 Å². The molecule has 0 saturated carbocycles. The molecule has 1 aromatic rings. The van der Waals surface area contributed by atoms with Crippen LogP contribution in [0.4, 0.5) is 4.39 Å². The van der Waals surface area contributed by atoms with Crippen molar-refractivity contribution >= 4 is 12.4 Å². The quantitative estimate of drug-likeness (QED) is 0.872. The normalized spacial score (nSPS) is 18.2. The van der Waals surface area contributed by atoms with Crippen LogP contribution in [0.1, 0.15) is 30.0 Å². The van der Waals surface area contributed by atoms with E-state index in [1.165, 1.54) is 6.07 Å². The summed E-state index contributed by atoms with van der Waals surface area (Å²) in [5, 5.41) is 9.74. The summed E-state index contributed by atoms with van der Waals surface area (Å²) in [7, 11) is 0. The van der Waals surface area contributed by atoms with Gasteiger partial charge in [-0.05, 0) is 37.3 Å². The molecule has 0 aliphatic carbocycles. The fraction of sp³-hybridized carbons (Fsp3) is 0.538. The minimum absolute atomic E-state index is 0. The number of halogens is 2. The van der Waals surface area contributed by atoms with Crippen molar-refractivity contribution in [1.82, 2.24) is 0 Å². The first kappa shape index (κ1) is 15.2. The van der Waals surface area contributed by atoms with Gasteiger partial charge in [0.05, 0.1) is 0 Å². The molecule has 0 aromatic heterocycles. The summed E-state index contributed by atoms with van der Waals surface area (Å²) in [6, 6.07) is 2.75. The van der Waals surface area contributed by atoms with E-state index < -0.39 is 5.82 Å². The van der Waals surface area contributed by atoms with Crippen molar-refractivity contribution in [2.24, 2.45) is 11.7 Å². The zero-order chi connectivity index (χ0) is 12.4. The van der Waals surface area contributed by atoms with E-state index in [0.29, 0.717) is 18.8 Å². The van der Waals surface area contributed by atoms with Crippen molar-refractivity contribution < 1.29 is 14.2 Å². The van der Waals surface area contributed by atoms with Gasteiger partial charge in [0, 0.05) is 24.8 Å². The Kier molecular flexibility index (Phi) is 5.38. The molecule has 1 heterocycles. The van der Waals surface area contributed by atoms with Crippen LogP contribution < -0.4 is 5.73 Å². The molecular formula is C13H19ClFNO2. The second-order valence-electron chi connectivity index (χ2n) is 4.66. The van der Waals surface area contributed by atoms with Crippen LogP contribution in [0.25, 0.3) is 0 Å². The average molecular weight is 276 g/mol. The van der Waals surface area contributed by atoms with Crippen molar-refractivity contribution in [3.63, 3.8) is 0 Å². The maximum atomic E-state index is 13.4. The monoisotopic (exact) mass is 275 g/mol. The number of phenols is 1. The van der Waals surface area contributed by atoms with E-state index in [1.807, 2.05) is 0 Å². The first-order chi connectivity index (χ1) is 8.09. The summed E-state index contributed by atoms with van der Waals surface area (Å²) in [6.07, 6.45) is 1.71. The molecule has 1 fully saturated rings. The topological polar surface area (TPSA) is 55.5 Å². The molecule has 18 heavy (non-hydrogen) atoms. The zero-order valence-corrected chi connectivity index (χ0v) is 11.2. The van der Waals surface area contributed by atoms with Gasteiger partial charge in [-0.3, -0.25) is 0 Å². The van der Waals surface area contributed by atoms with Crippen molar-refractivity contribution in [1.29, 1.82) is 0 Å². The molecule has 2 rings (SSSR count). The summed E-state index contributed by atoms with van der Waals surface area (Å²) >= 11 is 0. The summed E-state index contributed by atoms with van der Waals surface area (Å²) in [5.74, 6) is -0.659. The molecule has 1 aliphatic heterocycles. The Morgan fingerprint density at radius 2 is 2.00 bits per heavy atom. The SMILES string of the molecule is Cc1cc(F)c(O)c([C@@H](N)C2CCOCC2)c1.Cl. The van der Waals surface area contributed by atoms with Gasteiger partial charge < -0.3 is 15.6 Å². The van der Waals surface area contributed by atoms with Gasteiger partial charge >= 0.3 is 0 Å². The molecule has 3 nitrogen and oxygen atoms in total. The lowest BCUT2D eigenvalue weighted by Crippen LogP contribution is -2.27. The molecule has 1 aliphatic rings. The Morgan fingerprint density at radius 3 is 2.61 bits per heavy atom. The molecule has 0 bridgehead atoms. The average Bonchev–Trinajstić information content (AvgIpc) is 2.34. The highest BCUT2D eigenvalue weighted by atomic mass is 35.5. The van der Waals surface area contributed by atoms with Gasteiger partial charge in [-0.2, -0.15) is 0 Å². The van der Waals surface area contributed by atoms with Gasteiger partial charge in [0.25, 0.3) is 0 Å². The number of nitrogens with two attached hydrogens (primary N) is 1. The predicted octanol–water partition coefficient (Wildman–Crippen LogP) is 2.69. The largest absolute Gasteiger partial charge is 0.505 e. The van der Waals surface area contributed by atoms with Gasteiger partial charge in [-0.1, -0.05) is 6.07 Å². The Morgan fingerprint density at radius 1 is 1.39 bits per heavy atom. The minimum atomic E-state index is -0.595. The molecular weight excluding hydrogens is 257 g/mol. The van der Waals surface area contributed by atoms with Gasteiger partial charge in [0.2, 0.25) is 0 Å². The van der Waals surface area contributed by atoms with Crippen LogP contribution in [0.3, 0.4) is 0 Å². The zero-order valence-electron chi connectivity index (χ0n) is 10.4. The highest BCUT2D eigenvalue weighted by Gasteiger charge is 2.25. The van der Waals surface area contributed by atoms with E-state index >= 15 is 0 Å². The summed E-state index contributed by atoms with van der Waals surface area (Å²) in [6.45, 7) is 3.17. The van der Waals surface area contributed by atoms with Crippen molar-refractivity contribution in [2.75, 3.05) is 13.2 Å². The smallest absolute Gasteiger partial charge is 0.165 e. The van der Waals surface area contributed by atoms with Crippen molar-refractivity contribution in [3.05, 3.63) is 29.1 Å². The lowest BCUT2D eigenvalue weighted by molar-refractivity contribution is 0.0580. The first-order valence-corrected chi connectivity index (χ1v) is 5.92. The van der Waals surface area contributed by atoms with Crippen LogP contribution in [0.15, 0.2) is 12.1 Å². The predicted molar refractivity (Wildman–Crippen MR) is 70.5 cm³/mol. The summed E-state index contributed by atoms with van der Waals surface area (Å²) in [5.41, 5.74) is 7.41. The molecule has 0 amide bonds. The second-order valence-corrected chi connectivity index (χ2v) is 4.66. The Hall–Kier alpha value is -0.840. The van der Waals surface area contributed by atoms with Gasteiger partial charge in [0.15, 0.2) is 11.6 Å². The Balaban J connectivity index is 0.00000162. The van der Waals surface area contributed by atoms with Crippen LogP contribution in [0.2, 0.25) is 0 Å². The van der Waals surface area contributed by atoms with Crippen LogP contribution >= 0.6 is 12.4 Å². The maximum absolute atomic E-state index is 13.4. The number of aryl methyl sites for hydroxylation is 1. The number of aromatic hydroxyl groups is 1. The second kappa shape index (κ2) is 6.36. The van der Waals surface area contributed by atoms with Gasteiger partial charge in [0.1, 0.15) is 0 Å². The summed E-state index contributed by atoms with van der Waals surface area (Å²) < 4.78 is 18.7. The molecule has 0 spiro atoms. The molecule has 1 atom stereocenters. The molecule has 0 radical (unpaired) electrons. The number of hydrogen-bond acceptors (Lipinski definition) is 3. The number of rotatable bonds is 2. The fourth-order valence-corrected chi connectivity index (χ4v) is 2.34. The van der Waals surface area contributed by atoms with E-state index in [9.17, 15) is 9.50 Å². The van der Waals surface area contributed by atoms with Gasteiger partial charge in [-0.25, -0.2) is 4.39 Å². The number of hydrogen-bond donors (Lipinski definition) is 2. The van der Waals surface area contributed by atoms with Crippen LogP contribution in [-0.2, 0) is 4.74 Å². The number of phenolic OH excluding ortho intramolecular Hbond substituents is 1. The molecule has 0 unspecified atom stereocenters. The maximum Gasteiger partial charge on any atom is 0.165 e. The first-order valence-electron chi connectivity index (χ1n) is 5.92. The highest BCUT2D eigenvalue weighted by molar-refractivity contribution is 5.85. The van der Waals surface area contributed by atoms with Crippen LogP contribution in [-0.4, -0.2) is 18.3 Å². The Bertz CT molecular complexity index is 408. The van der Waals surface area contributed by atoms with Crippen molar-refractivity contribution in [3.8, 4) is 5.75 Å². The third-order valence-electron chi connectivity index (χ3n) is 3.37. The molecule has 3 N–H and O–H groups in total. The standard InChI is InChI=1S/C13H18FNO2.ClH/c1-8-6-10(13(16)11(14)7-8)12(15)9-2-4-17-5-3-9;/h6-7,9,12,16H,2-5,15H2,1H3;1H/t12-;/m0./s1. The van der Waals surface area contributed by atoms with E-state index in [2.05, 4.69) is 0 Å². The van der Waals surface area contributed by atoms with E-state index in [-0.39, 0.29) is 30.1 Å². The number of benzene rings is 1. The van der Waals surface area contributed by atoms with E-state index in [0.717, 1.165) is 18.4 Å². The fourth-order valence-electron chi connectivity index (χ4n) is 2.34. The molecule has 5 heteroatoms. The van der Waals surface area contributed by atoms with Gasteiger partial charge in [-0.15, -0.1) is 12.4 Å². The van der Waals surface area contributed by atoms with Crippen LogP contribution in [0, 0.1) is 18.7 Å². The molecule has 1 saturated heterocycles. The molecule has 1 aromatic carbocycles. The Labute approximate surface area is 113 Å². The third kappa shape index (κ3) is 3.13. The lowest BCUT2D eigenvalue weighted by Gasteiger charge is -2.28. The minimum Gasteiger partial charge on any atom is -0.505 e. The summed E-state index contributed by atoms with van der Waals surface area (Å²) in [4.78, 5) is 0. The van der Waals surface area contributed by atoms with E-state index in [1.54, 1.807) is 13.0 Å². The molecule has 102 valence electrons.